The van der Waals surface area contributed by atoms with E-state index in [9.17, 15) is 9.59 Å². The lowest BCUT2D eigenvalue weighted by Gasteiger charge is -2.40. The van der Waals surface area contributed by atoms with Crippen LogP contribution in [0.25, 0.3) is 0 Å². The molecule has 0 bridgehead atoms. The Morgan fingerprint density at radius 3 is 2.47 bits per heavy atom. The summed E-state index contributed by atoms with van der Waals surface area (Å²) in [6.45, 7) is 7.18. The first-order valence-corrected chi connectivity index (χ1v) is 7.55. The molecule has 1 N–H and O–H groups in total. The third-order valence-electron chi connectivity index (χ3n) is 4.84. The smallest absolute Gasteiger partial charge is 0.245 e. The van der Waals surface area contributed by atoms with Gasteiger partial charge >= 0.3 is 0 Å². The van der Waals surface area contributed by atoms with Crippen molar-refractivity contribution in [2.24, 2.45) is 11.3 Å². The van der Waals surface area contributed by atoms with Crippen LogP contribution in [-0.2, 0) is 9.59 Å². The van der Waals surface area contributed by atoms with Crippen molar-refractivity contribution in [3.63, 3.8) is 0 Å². The number of carbonyl (C=O) groups excluding carboxylic acids is 2. The van der Waals surface area contributed by atoms with Crippen LogP contribution >= 0.6 is 0 Å². The molecule has 0 aromatic heterocycles. The Labute approximate surface area is 115 Å². The third kappa shape index (κ3) is 2.93. The summed E-state index contributed by atoms with van der Waals surface area (Å²) < 4.78 is 0. The van der Waals surface area contributed by atoms with Crippen LogP contribution in [0.2, 0.25) is 0 Å². The van der Waals surface area contributed by atoms with Crippen LogP contribution in [0.3, 0.4) is 0 Å². The van der Waals surface area contributed by atoms with Crippen molar-refractivity contribution in [1.29, 1.82) is 0 Å². The maximum absolute atomic E-state index is 12.5. The highest BCUT2D eigenvalue weighted by Crippen LogP contribution is 2.41. The zero-order chi connectivity index (χ0) is 14.0. The molecule has 4 nitrogen and oxygen atoms in total. The van der Waals surface area contributed by atoms with Gasteiger partial charge in [0.2, 0.25) is 11.8 Å². The van der Waals surface area contributed by atoms with Gasteiger partial charge in [-0.2, -0.15) is 0 Å². The Bertz CT molecular complexity index is 359. The Balaban J connectivity index is 2.09. The zero-order valence-electron chi connectivity index (χ0n) is 12.4. The average molecular weight is 266 g/mol. The number of carbonyl (C=O) groups is 2. The highest BCUT2D eigenvalue weighted by molar-refractivity contribution is 5.95. The van der Waals surface area contributed by atoms with E-state index < -0.39 is 0 Å². The van der Waals surface area contributed by atoms with E-state index >= 15 is 0 Å². The normalized spacial score (nSPS) is 26.9. The van der Waals surface area contributed by atoms with E-state index in [1.54, 1.807) is 4.90 Å². The minimum absolute atomic E-state index is 0.0115. The number of hydrogen-bond donors (Lipinski definition) is 1. The van der Waals surface area contributed by atoms with E-state index in [1.807, 2.05) is 13.8 Å². The second-order valence-corrected chi connectivity index (χ2v) is 6.54. The fourth-order valence-corrected chi connectivity index (χ4v) is 3.47. The molecule has 4 heteroatoms. The molecule has 2 fully saturated rings. The van der Waals surface area contributed by atoms with Crippen LogP contribution in [0.1, 0.15) is 52.9 Å². The average Bonchev–Trinajstić information content (AvgIpc) is 2.82. The highest BCUT2D eigenvalue weighted by atomic mass is 16.2. The van der Waals surface area contributed by atoms with E-state index in [-0.39, 0.29) is 35.7 Å². The summed E-state index contributed by atoms with van der Waals surface area (Å²) in [5.74, 6) is 0.247. The predicted molar refractivity (Wildman–Crippen MR) is 74.5 cm³/mol. The molecule has 1 saturated carbocycles. The number of nitrogens with one attached hydrogen (secondary N) is 1. The Morgan fingerprint density at radius 2 is 1.95 bits per heavy atom. The van der Waals surface area contributed by atoms with E-state index in [0.717, 1.165) is 13.0 Å². The molecule has 0 radical (unpaired) electrons. The van der Waals surface area contributed by atoms with Crippen LogP contribution in [0, 0.1) is 11.3 Å². The third-order valence-corrected chi connectivity index (χ3v) is 4.84. The molecule has 1 saturated heterocycles. The van der Waals surface area contributed by atoms with Crippen LogP contribution in [0.4, 0.5) is 0 Å². The van der Waals surface area contributed by atoms with E-state index in [1.165, 1.54) is 25.7 Å². The van der Waals surface area contributed by atoms with Crippen LogP contribution in [0.15, 0.2) is 0 Å². The van der Waals surface area contributed by atoms with Gasteiger partial charge in [0, 0.05) is 6.54 Å². The topological polar surface area (TPSA) is 49.4 Å². The van der Waals surface area contributed by atoms with Gasteiger partial charge in [-0.3, -0.25) is 9.59 Å². The second kappa shape index (κ2) is 5.51. The van der Waals surface area contributed by atoms with Gasteiger partial charge in [0.15, 0.2) is 0 Å². The summed E-state index contributed by atoms with van der Waals surface area (Å²) in [5, 5.41) is 2.82. The number of piperazine rings is 1. The number of amides is 2. The lowest BCUT2D eigenvalue weighted by molar-refractivity contribution is -0.147. The first-order valence-electron chi connectivity index (χ1n) is 7.55. The van der Waals surface area contributed by atoms with Crippen molar-refractivity contribution in [2.75, 3.05) is 13.1 Å². The molecule has 2 rings (SSSR count). The van der Waals surface area contributed by atoms with E-state index in [0.29, 0.717) is 0 Å². The lowest BCUT2D eigenvalue weighted by Crippen LogP contribution is -2.61. The van der Waals surface area contributed by atoms with Crippen LogP contribution in [0.5, 0.6) is 0 Å². The molecule has 1 unspecified atom stereocenters. The highest BCUT2D eigenvalue weighted by Gasteiger charge is 2.40. The fraction of sp³-hybridized carbons (Fsp3) is 0.867. The molecule has 19 heavy (non-hydrogen) atoms. The Kier molecular flexibility index (Phi) is 4.16. The summed E-state index contributed by atoms with van der Waals surface area (Å²) in [7, 11) is 0. The molecule has 0 spiro atoms. The SMILES string of the molecule is CCC1(CN2CC(=O)NC(C(C)C)C2=O)CCCC1. The van der Waals surface area contributed by atoms with E-state index in [2.05, 4.69) is 12.2 Å². The van der Waals surface area contributed by atoms with E-state index in [4.69, 9.17) is 0 Å². The van der Waals surface area contributed by atoms with Gasteiger partial charge in [0.25, 0.3) is 0 Å². The molecule has 2 amide bonds. The van der Waals surface area contributed by atoms with Gasteiger partial charge < -0.3 is 10.2 Å². The molecule has 1 atom stereocenters. The second-order valence-electron chi connectivity index (χ2n) is 6.54. The monoisotopic (exact) mass is 266 g/mol. The zero-order valence-corrected chi connectivity index (χ0v) is 12.4. The maximum Gasteiger partial charge on any atom is 0.245 e. The van der Waals surface area contributed by atoms with Gasteiger partial charge in [-0.1, -0.05) is 33.6 Å². The van der Waals surface area contributed by atoms with Crippen LogP contribution in [-0.4, -0.2) is 35.8 Å². The standard InChI is InChI=1S/C15H26N2O2/c1-4-15(7-5-6-8-15)10-17-9-12(18)16-13(11(2)3)14(17)19/h11,13H,4-10H2,1-3H3,(H,16,18). The predicted octanol–water partition coefficient (Wildman–Crippen LogP) is 1.94. The van der Waals surface area contributed by atoms with Gasteiger partial charge in [0.1, 0.15) is 6.04 Å². The van der Waals surface area contributed by atoms with Crippen molar-refractivity contribution < 1.29 is 9.59 Å². The molecule has 1 aliphatic carbocycles. The lowest BCUT2D eigenvalue weighted by atomic mass is 9.82. The van der Waals surface area contributed by atoms with Crippen molar-refractivity contribution in [3.8, 4) is 0 Å². The Morgan fingerprint density at radius 1 is 1.32 bits per heavy atom. The van der Waals surface area contributed by atoms with Crippen molar-refractivity contribution in [3.05, 3.63) is 0 Å². The summed E-state index contributed by atoms with van der Waals surface area (Å²) in [4.78, 5) is 26.1. The summed E-state index contributed by atoms with van der Waals surface area (Å²) in [6, 6.07) is -0.337. The summed E-state index contributed by atoms with van der Waals surface area (Å²) >= 11 is 0. The molecule has 108 valence electrons. The molecule has 1 aliphatic heterocycles. The quantitative estimate of drug-likeness (QED) is 0.845. The van der Waals surface area contributed by atoms with Gasteiger partial charge in [-0.25, -0.2) is 0 Å². The molecule has 1 heterocycles. The number of nitrogens with zero attached hydrogens (tertiary/aromatic N) is 1. The Hall–Kier alpha value is -1.06. The first-order chi connectivity index (χ1) is 8.97. The fourth-order valence-electron chi connectivity index (χ4n) is 3.47. The van der Waals surface area contributed by atoms with Crippen molar-refractivity contribution in [2.45, 2.75) is 58.9 Å². The van der Waals surface area contributed by atoms with Crippen molar-refractivity contribution in [1.82, 2.24) is 10.2 Å². The summed E-state index contributed by atoms with van der Waals surface area (Å²) in [5.41, 5.74) is 0.259. The minimum atomic E-state index is -0.337. The molecule has 0 aromatic carbocycles. The largest absolute Gasteiger partial charge is 0.343 e. The summed E-state index contributed by atoms with van der Waals surface area (Å²) in [6.07, 6.45) is 6.01. The molecule has 0 aromatic rings. The molecular formula is C15H26N2O2. The van der Waals surface area contributed by atoms with Crippen LogP contribution < -0.4 is 5.32 Å². The number of hydrogen-bond acceptors (Lipinski definition) is 2. The number of rotatable bonds is 4. The molecular weight excluding hydrogens is 240 g/mol. The maximum atomic E-state index is 12.5. The first kappa shape index (κ1) is 14.4. The van der Waals surface area contributed by atoms with Crippen molar-refractivity contribution >= 4 is 11.8 Å². The minimum Gasteiger partial charge on any atom is -0.343 e. The molecule has 2 aliphatic rings. The van der Waals surface area contributed by atoms with Gasteiger partial charge in [0.05, 0.1) is 6.54 Å². The van der Waals surface area contributed by atoms with Gasteiger partial charge in [-0.05, 0) is 30.6 Å². The van der Waals surface area contributed by atoms with Gasteiger partial charge in [-0.15, -0.1) is 0 Å².